The first-order valence-corrected chi connectivity index (χ1v) is 5.91. The van der Waals surface area contributed by atoms with Crippen LogP contribution in [0.4, 0.5) is 0 Å². The highest BCUT2D eigenvalue weighted by Gasteiger charge is 2.14. The molecule has 0 aliphatic heterocycles. The molecule has 0 aliphatic carbocycles. The van der Waals surface area contributed by atoms with Gasteiger partial charge in [0.1, 0.15) is 0 Å². The molecule has 94 valence electrons. The second-order valence-electron chi connectivity index (χ2n) is 4.57. The van der Waals surface area contributed by atoms with Crippen LogP contribution in [-0.2, 0) is 0 Å². The Morgan fingerprint density at radius 3 is 2.56 bits per heavy atom. The van der Waals surface area contributed by atoms with Gasteiger partial charge in [-0.2, -0.15) is 0 Å². The Bertz CT molecular complexity index is 541. The van der Waals surface area contributed by atoms with E-state index in [0.717, 1.165) is 5.56 Å². The summed E-state index contributed by atoms with van der Waals surface area (Å²) in [6.45, 7) is 5.82. The zero-order valence-electron chi connectivity index (χ0n) is 10.7. The van der Waals surface area contributed by atoms with Crippen LogP contribution in [0.2, 0.25) is 0 Å². The maximum atomic E-state index is 11.7. The highest BCUT2D eigenvalue weighted by molar-refractivity contribution is 5.93. The summed E-state index contributed by atoms with van der Waals surface area (Å²) < 4.78 is 5.18. The molecule has 1 heterocycles. The molecule has 4 nitrogen and oxygen atoms in total. The smallest absolute Gasteiger partial charge is 0.273 e. The summed E-state index contributed by atoms with van der Waals surface area (Å²) in [6, 6.07) is 9.61. The van der Waals surface area contributed by atoms with Crippen molar-refractivity contribution in [1.29, 1.82) is 0 Å². The highest BCUT2D eigenvalue weighted by Crippen LogP contribution is 2.20. The van der Waals surface area contributed by atoms with Crippen molar-refractivity contribution in [3.05, 3.63) is 41.6 Å². The Kier molecular flexibility index (Phi) is 3.46. The Labute approximate surface area is 106 Å². The van der Waals surface area contributed by atoms with Crippen molar-refractivity contribution in [3.63, 3.8) is 0 Å². The van der Waals surface area contributed by atoms with Gasteiger partial charge in [0.15, 0.2) is 11.5 Å². The second kappa shape index (κ2) is 5.04. The number of rotatable bonds is 3. The number of hydrogen-bond donors (Lipinski definition) is 1. The van der Waals surface area contributed by atoms with Crippen LogP contribution >= 0.6 is 0 Å². The first-order valence-electron chi connectivity index (χ1n) is 5.91. The van der Waals surface area contributed by atoms with Crippen molar-refractivity contribution < 1.29 is 9.32 Å². The molecule has 1 N–H and O–H groups in total. The molecule has 0 saturated carbocycles. The van der Waals surface area contributed by atoms with Gasteiger partial charge >= 0.3 is 0 Å². The van der Waals surface area contributed by atoms with E-state index in [9.17, 15) is 4.79 Å². The van der Waals surface area contributed by atoms with E-state index in [1.807, 2.05) is 45.0 Å². The van der Waals surface area contributed by atoms with Crippen molar-refractivity contribution in [2.45, 2.75) is 26.8 Å². The average Bonchev–Trinajstić information content (AvgIpc) is 2.78. The molecule has 0 bridgehead atoms. The number of carbonyl (C=O) groups excluding carboxylic acids is 1. The summed E-state index contributed by atoms with van der Waals surface area (Å²) in [7, 11) is 0. The Balaban J connectivity index is 2.20. The van der Waals surface area contributed by atoms with E-state index < -0.39 is 0 Å². The third kappa shape index (κ3) is 2.77. The molecule has 0 spiro atoms. The predicted octanol–water partition coefficient (Wildman–Crippen LogP) is 2.79. The number of nitrogens with one attached hydrogen (secondary N) is 1. The summed E-state index contributed by atoms with van der Waals surface area (Å²) in [5, 5.41) is 6.55. The maximum absolute atomic E-state index is 11.7. The zero-order valence-corrected chi connectivity index (χ0v) is 10.7. The van der Waals surface area contributed by atoms with E-state index >= 15 is 0 Å². The lowest BCUT2D eigenvalue weighted by atomic mass is 10.1. The number of hydrogen-bond acceptors (Lipinski definition) is 3. The second-order valence-corrected chi connectivity index (χ2v) is 4.57. The first kappa shape index (κ1) is 12.4. The van der Waals surface area contributed by atoms with Crippen LogP contribution in [0.3, 0.4) is 0 Å². The summed E-state index contributed by atoms with van der Waals surface area (Å²) in [6.07, 6.45) is 0. The fourth-order valence-corrected chi connectivity index (χ4v) is 1.57. The number of nitrogens with zero attached hydrogens (tertiary/aromatic N) is 1. The fourth-order valence-electron chi connectivity index (χ4n) is 1.57. The minimum Gasteiger partial charge on any atom is -0.355 e. The van der Waals surface area contributed by atoms with Crippen molar-refractivity contribution in [3.8, 4) is 11.3 Å². The van der Waals surface area contributed by atoms with E-state index in [0.29, 0.717) is 11.5 Å². The van der Waals surface area contributed by atoms with E-state index in [4.69, 9.17) is 4.52 Å². The zero-order chi connectivity index (χ0) is 13.1. The van der Waals surface area contributed by atoms with Crippen LogP contribution in [0.15, 0.2) is 34.9 Å². The molecule has 2 rings (SSSR count). The Morgan fingerprint density at radius 2 is 1.94 bits per heavy atom. The molecule has 4 heteroatoms. The Hall–Kier alpha value is -2.10. The van der Waals surface area contributed by atoms with E-state index in [1.165, 1.54) is 5.56 Å². The molecular weight excluding hydrogens is 228 g/mol. The van der Waals surface area contributed by atoms with E-state index in [1.54, 1.807) is 6.07 Å². The fraction of sp³-hybridized carbons (Fsp3) is 0.286. The summed E-state index contributed by atoms with van der Waals surface area (Å²) in [5.74, 6) is 0.385. The van der Waals surface area contributed by atoms with Gasteiger partial charge in [-0.25, -0.2) is 0 Å². The van der Waals surface area contributed by atoms with Gasteiger partial charge in [-0.05, 0) is 20.8 Å². The minimum atomic E-state index is -0.216. The molecule has 0 fully saturated rings. The Morgan fingerprint density at radius 1 is 1.28 bits per heavy atom. The third-order valence-electron chi connectivity index (χ3n) is 2.50. The molecule has 18 heavy (non-hydrogen) atoms. The topological polar surface area (TPSA) is 55.1 Å². The largest absolute Gasteiger partial charge is 0.355 e. The standard InChI is InChI=1S/C14H16N2O2/c1-9(2)15-14(17)12-8-13(18-16-12)11-6-4-10(3)5-7-11/h4-9H,1-3H3,(H,15,17). The molecule has 2 aromatic rings. The highest BCUT2D eigenvalue weighted by atomic mass is 16.5. The summed E-state index contributed by atoms with van der Waals surface area (Å²) in [5.41, 5.74) is 2.40. The first-order chi connectivity index (χ1) is 8.56. The SMILES string of the molecule is Cc1ccc(-c2cc(C(=O)NC(C)C)no2)cc1. The van der Waals surface area contributed by atoms with E-state index in [-0.39, 0.29) is 11.9 Å². The molecule has 0 radical (unpaired) electrons. The van der Waals surface area contributed by atoms with Crippen LogP contribution in [0.1, 0.15) is 29.9 Å². The van der Waals surface area contributed by atoms with Crippen LogP contribution in [0.5, 0.6) is 0 Å². The average molecular weight is 244 g/mol. The summed E-state index contributed by atoms with van der Waals surface area (Å²) >= 11 is 0. The molecule has 0 atom stereocenters. The molecule has 0 aliphatic rings. The van der Waals surface area contributed by atoms with Crippen molar-refractivity contribution in [1.82, 2.24) is 10.5 Å². The van der Waals surface area contributed by atoms with Crippen LogP contribution < -0.4 is 5.32 Å². The number of benzene rings is 1. The molecular formula is C14H16N2O2. The van der Waals surface area contributed by atoms with Gasteiger partial charge in [-0.1, -0.05) is 35.0 Å². The number of aromatic nitrogens is 1. The molecule has 1 aromatic carbocycles. The van der Waals surface area contributed by atoms with Gasteiger partial charge in [0.2, 0.25) is 0 Å². The molecule has 1 aromatic heterocycles. The lowest BCUT2D eigenvalue weighted by Crippen LogP contribution is -2.30. The van der Waals surface area contributed by atoms with Crippen molar-refractivity contribution >= 4 is 5.91 Å². The van der Waals surface area contributed by atoms with Gasteiger partial charge in [0.05, 0.1) is 0 Å². The van der Waals surface area contributed by atoms with Crippen LogP contribution in [-0.4, -0.2) is 17.1 Å². The van der Waals surface area contributed by atoms with Crippen molar-refractivity contribution in [2.24, 2.45) is 0 Å². The van der Waals surface area contributed by atoms with Gasteiger partial charge in [0.25, 0.3) is 5.91 Å². The number of carbonyl (C=O) groups is 1. The van der Waals surface area contributed by atoms with Crippen LogP contribution in [0, 0.1) is 6.92 Å². The maximum Gasteiger partial charge on any atom is 0.273 e. The predicted molar refractivity (Wildman–Crippen MR) is 69.3 cm³/mol. The van der Waals surface area contributed by atoms with Gasteiger partial charge < -0.3 is 9.84 Å². The van der Waals surface area contributed by atoms with E-state index in [2.05, 4.69) is 10.5 Å². The quantitative estimate of drug-likeness (QED) is 0.903. The third-order valence-corrected chi connectivity index (χ3v) is 2.50. The normalized spacial score (nSPS) is 10.7. The molecule has 1 amide bonds. The lowest BCUT2D eigenvalue weighted by Gasteiger charge is -2.04. The van der Waals surface area contributed by atoms with Crippen LogP contribution in [0.25, 0.3) is 11.3 Å². The van der Waals surface area contributed by atoms with Crippen molar-refractivity contribution in [2.75, 3.05) is 0 Å². The molecule has 0 saturated heterocycles. The molecule has 0 unspecified atom stereocenters. The number of aryl methyl sites for hydroxylation is 1. The van der Waals surface area contributed by atoms with Gasteiger partial charge in [-0.15, -0.1) is 0 Å². The minimum absolute atomic E-state index is 0.0806. The monoisotopic (exact) mass is 244 g/mol. The lowest BCUT2D eigenvalue weighted by molar-refractivity contribution is 0.0934. The summed E-state index contributed by atoms with van der Waals surface area (Å²) in [4.78, 5) is 11.7. The number of amides is 1. The van der Waals surface area contributed by atoms with Gasteiger partial charge in [-0.3, -0.25) is 4.79 Å². The van der Waals surface area contributed by atoms with Gasteiger partial charge in [0, 0.05) is 17.7 Å².